The molecule has 0 aliphatic carbocycles. The number of para-hydroxylation sites is 1. The number of ether oxygens (including phenoxy) is 3. The van der Waals surface area contributed by atoms with E-state index < -0.39 is 10.3 Å². The van der Waals surface area contributed by atoms with Crippen LogP contribution in [0.15, 0.2) is 54.7 Å². The summed E-state index contributed by atoms with van der Waals surface area (Å²) >= 11 is 0. The number of aromatic nitrogens is 1. The highest BCUT2D eigenvalue weighted by molar-refractivity contribution is 7.83. The second-order valence-corrected chi connectivity index (χ2v) is 10.2. The first-order valence-electron chi connectivity index (χ1n) is 11.6. The molecule has 3 aromatic rings. The maximum atomic E-state index is 11.1. The Balaban J connectivity index is 1.36. The fourth-order valence-corrected chi connectivity index (χ4v) is 4.40. The van der Waals surface area contributed by atoms with Crippen molar-refractivity contribution in [2.75, 3.05) is 46.9 Å². The van der Waals surface area contributed by atoms with Gasteiger partial charge in [-0.15, -0.1) is 0 Å². The molecule has 10 heteroatoms. The Hall–Kier alpha value is -2.92. The van der Waals surface area contributed by atoms with Gasteiger partial charge in [0.25, 0.3) is 0 Å². The van der Waals surface area contributed by atoms with Gasteiger partial charge in [-0.2, -0.15) is 12.7 Å². The lowest BCUT2D eigenvalue weighted by atomic mass is 9.98. The Labute approximate surface area is 206 Å². The quantitative estimate of drug-likeness (QED) is 0.418. The Morgan fingerprint density at radius 3 is 2.51 bits per heavy atom. The molecule has 188 valence electrons. The van der Waals surface area contributed by atoms with Gasteiger partial charge in [-0.1, -0.05) is 18.2 Å². The number of nitrogens with zero attached hydrogens (tertiary/aromatic N) is 3. The summed E-state index contributed by atoms with van der Waals surface area (Å²) in [6, 6.07) is 15.2. The van der Waals surface area contributed by atoms with E-state index in [9.17, 15) is 8.42 Å². The molecule has 1 aromatic heterocycles. The number of rotatable bonds is 10. The van der Waals surface area contributed by atoms with Crippen molar-refractivity contribution in [2.24, 2.45) is 5.92 Å². The molecule has 0 bridgehead atoms. The second kappa shape index (κ2) is 11.2. The normalized spacial score (nSPS) is 15.4. The van der Waals surface area contributed by atoms with Crippen LogP contribution in [-0.4, -0.2) is 74.1 Å². The molecule has 2 heterocycles. The summed E-state index contributed by atoms with van der Waals surface area (Å²) in [4.78, 5) is 6.69. The number of pyridine rings is 1. The third-order valence-electron chi connectivity index (χ3n) is 6.26. The standard InChI is InChI=1S/C25H31N3O6S/c1-27(35(29,30)31)14-15-28-12-9-19(10-13-28)18-33-25-17-22-21(16-24(25)32-2)23(8-11-26-22)34-20-6-4-3-5-7-20/h3-8,11,16-17,19H,9-10,12-15,18H2,1-2H3,(H,29,30,31). The maximum absolute atomic E-state index is 11.1. The number of methoxy groups -OCH3 is 1. The van der Waals surface area contributed by atoms with E-state index >= 15 is 0 Å². The Morgan fingerprint density at radius 1 is 1.09 bits per heavy atom. The molecule has 9 nitrogen and oxygen atoms in total. The molecule has 0 spiro atoms. The number of hydrogen-bond donors (Lipinski definition) is 1. The number of piperidine rings is 1. The number of hydrogen-bond acceptors (Lipinski definition) is 7. The molecule has 1 N–H and O–H groups in total. The SMILES string of the molecule is COc1cc2c(Oc3ccccc3)ccnc2cc1OCC1CCN(CCN(C)S(=O)(=O)O)CC1. The number of likely N-dealkylation sites (tertiary alicyclic amines) is 1. The minimum absolute atomic E-state index is 0.261. The van der Waals surface area contributed by atoms with Crippen LogP contribution in [-0.2, 0) is 10.3 Å². The van der Waals surface area contributed by atoms with Crippen molar-refractivity contribution in [3.8, 4) is 23.0 Å². The lowest BCUT2D eigenvalue weighted by Gasteiger charge is -2.32. The van der Waals surface area contributed by atoms with Crippen LogP contribution >= 0.6 is 0 Å². The van der Waals surface area contributed by atoms with Crippen LogP contribution in [0.1, 0.15) is 12.8 Å². The topological polar surface area (TPSA) is 101 Å². The fraction of sp³-hybridized carbons (Fsp3) is 0.400. The highest BCUT2D eigenvalue weighted by Gasteiger charge is 2.22. The molecular formula is C25H31N3O6S. The van der Waals surface area contributed by atoms with Crippen LogP contribution < -0.4 is 14.2 Å². The van der Waals surface area contributed by atoms with Gasteiger partial charge in [0.1, 0.15) is 11.5 Å². The van der Waals surface area contributed by atoms with E-state index in [-0.39, 0.29) is 6.54 Å². The monoisotopic (exact) mass is 501 g/mol. The summed E-state index contributed by atoms with van der Waals surface area (Å²) < 4.78 is 50.1. The Morgan fingerprint density at radius 2 is 1.83 bits per heavy atom. The van der Waals surface area contributed by atoms with Crippen LogP contribution in [0.25, 0.3) is 10.9 Å². The summed E-state index contributed by atoms with van der Waals surface area (Å²) in [6.07, 6.45) is 3.60. The van der Waals surface area contributed by atoms with Crippen molar-refractivity contribution in [1.82, 2.24) is 14.2 Å². The fourth-order valence-electron chi connectivity index (χ4n) is 4.09. The van der Waals surface area contributed by atoms with Crippen molar-refractivity contribution < 1.29 is 27.2 Å². The predicted octanol–water partition coefficient (Wildman–Crippen LogP) is 3.86. The van der Waals surface area contributed by atoms with Gasteiger partial charge < -0.3 is 19.1 Å². The van der Waals surface area contributed by atoms with Gasteiger partial charge in [-0.05, 0) is 56.1 Å². The summed E-state index contributed by atoms with van der Waals surface area (Å²) in [5.41, 5.74) is 0.756. The zero-order chi connectivity index (χ0) is 24.8. The lowest BCUT2D eigenvalue weighted by Crippen LogP contribution is -2.41. The van der Waals surface area contributed by atoms with Crippen molar-refractivity contribution in [3.05, 3.63) is 54.7 Å². The molecule has 1 saturated heterocycles. The van der Waals surface area contributed by atoms with Crippen LogP contribution in [0.4, 0.5) is 0 Å². The smallest absolute Gasteiger partial charge is 0.335 e. The molecule has 0 saturated carbocycles. The van der Waals surface area contributed by atoms with Gasteiger partial charge in [0, 0.05) is 37.8 Å². The Kier molecular flexibility index (Phi) is 8.07. The van der Waals surface area contributed by atoms with Crippen LogP contribution in [0.3, 0.4) is 0 Å². The van der Waals surface area contributed by atoms with Crippen molar-refractivity contribution in [3.63, 3.8) is 0 Å². The largest absolute Gasteiger partial charge is 0.493 e. The number of benzene rings is 2. The van der Waals surface area contributed by atoms with Crippen molar-refractivity contribution in [1.29, 1.82) is 0 Å². The summed E-state index contributed by atoms with van der Waals surface area (Å²) in [7, 11) is -1.14. The van der Waals surface area contributed by atoms with Gasteiger partial charge >= 0.3 is 10.3 Å². The van der Waals surface area contributed by atoms with Gasteiger partial charge in [-0.25, -0.2) is 0 Å². The van der Waals surface area contributed by atoms with E-state index in [0.29, 0.717) is 36.3 Å². The molecule has 35 heavy (non-hydrogen) atoms. The molecule has 1 fully saturated rings. The van der Waals surface area contributed by atoms with Crippen LogP contribution in [0, 0.1) is 5.92 Å². The van der Waals surface area contributed by atoms with E-state index in [1.807, 2.05) is 48.5 Å². The Bertz CT molecular complexity index is 1230. The molecule has 2 aromatic carbocycles. The summed E-state index contributed by atoms with van der Waals surface area (Å²) in [6.45, 7) is 3.10. The summed E-state index contributed by atoms with van der Waals surface area (Å²) in [5.74, 6) is 3.08. The zero-order valence-corrected chi connectivity index (χ0v) is 20.8. The van der Waals surface area contributed by atoms with Gasteiger partial charge in [0.15, 0.2) is 11.5 Å². The van der Waals surface area contributed by atoms with Crippen molar-refractivity contribution >= 4 is 21.2 Å². The highest BCUT2D eigenvalue weighted by atomic mass is 32.2. The lowest BCUT2D eigenvalue weighted by molar-refractivity contribution is 0.136. The van der Waals surface area contributed by atoms with E-state index in [4.69, 9.17) is 18.8 Å². The van der Waals surface area contributed by atoms with E-state index in [1.54, 1.807) is 13.3 Å². The molecule has 0 amide bonds. The van der Waals surface area contributed by atoms with Crippen molar-refractivity contribution in [2.45, 2.75) is 12.8 Å². The molecule has 1 aliphatic heterocycles. The van der Waals surface area contributed by atoms with E-state index in [1.165, 1.54) is 7.05 Å². The minimum atomic E-state index is -4.13. The first-order valence-corrected chi connectivity index (χ1v) is 13.0. The van der Waals surface area contributed by atoms with E-state index in [0.717, 1.165) is 46.9 Å². The third-order valence-corrected chi connectivity index (χ3v) is 7.23. The third kappa shape index (κ3) is 6.61. The number of fused-ring (bicyclic) bond motifs is 1. The minimum Gasteiger partial charge on any atom is -0.493 e. The molecule has 0 atom stereocenters. The molecule has 0 radical (unpaired) electrons. The first kappa shape index (κ1) is 25.2. The van der Waals surface area contributed by atoms with Crippen LogP contribution in [0.5, 0.6) is 23.0 Å². The highest BCUT2D eigenvalue weighted by Crippen LogP contribution is 2.37. The second-order valence-electron chi connectivity index (χ2n) is 8.64. The summed E-state index contributed by atoms with van der Waals surface area (Å²) in [5, 5.41) is 0.837. The number of likely N-dealkylation sites (N-methyl/N-ethyl adjacent to an activating group) is 1. The van der Waals surface area contributed by atoms with Gasteiger partial charge in [-0.3, -0.25) is 9.54 Å². The maximum Gasteiger partial charge on any atom is 0.335 e. The zero-order valence-electron chi connectivity index (χ0n) is 20.0. The molecule has 0 unspecified atom stereocenters. The van der Waals surface area contributed by atoms with Gasteiger partial charge in [0.2, 0.25) is 0 Å². The molecule has 4 rings (SSSR count). The van der Waals surface area contributed by atoms with Crippen LogP contribution in [0.2, 0.25) is 0 Å². The predicted molar refractivity (Wildman–Crippen MR) is 134 cm³/mol. The first-order chi connectivity index (χ1) is 16.8. The van der Waals surface area contributed by atoms with Gasteiger partial charge in [0.05, 0.1) is 19.2 Å². The molecule has 1 aliphatic rings. The average molecular weight is 502 g/mol. The van der Waals surface area contributed by atoms with E-state index in [2.05, 4.69) is 9.88 Å². The average Bonchev–Trinajstić information content (AvgIpc) is 2.86. The molecular weight excluding hydrogens is 470 g/mol.